The highest BCUT2D eigenvalue weighted by Gasteiger charge is 2.22. The summed E-state index contributed by atoms with van der Waals surface area (Å²) in [6, 6.07) is 7.53. The standard InChI is InChI=1S/C16H24BrN/c1-12-4-7-15(8-5-12)18(3)16-9-6-13(2)10-14(16)11-17/h6,9-10,12,15H,4-5,7-8,11H2,1-3H3. The van der Waals surface area contributed by atoms with Crippen LogP contribution in [0.5, 0.6) is 0 Å². The van der Waals surface area contributed by atoms with E-state index in [-0.39, 0.29) is 0 Å². The van der Waals surface area contributed by atoms with Crippen molar-refractivity contribution in [3.63, 3.8) is 0 Å². The van der Waals surface area contributed by atoms with Gasteiger partial charge in [-0.15, -0.1) is 0 Å². The molecule has 0 unspecified atom stereocenters. The average Bonchev–Trinajstić information content (AvgIpc) is 2.38. The second-order valence-electron chi connectivity index (χ2n) is 5.79. The highest BCUT2D eigenvalue weighted by Crippen LogP contribution is 2.32. The molecule has 0 bridgehead atoms. The number of rotatable bonds is 3. The third-order valence-electron chi connectivity index (χ3n) is 4.29. The van der Waals surface area contributed by atoms with Crippen molar-refractivity contribution in [2.24, 2.45) is 5.92 Å². The maximum atomic E-state index is 3.62. The minimum absolute atomic E-state index is 0.724. The van der Waals surface area contributed by atoms with Crippen molar-refractivity contribution in [1.29, 1.82) is 0 Å². The van der Waals surface area contributed by atoms with Gasteiger partial charge in [0.25, 0.3) is 0 Å². The molecule has 0 N–H and O–H groups in total. The largest absolute Gasteiger partial charge is 0.371 e. The first-order valence-electron chi connectivity index (χ1n) is 7.00. The first kappa shape index (κ1) is 13.9. The summed E-state index contributed by atoms with van der Waals surface area (Å²) in [6.45, 7) is 4.55. The highest BCUT2D eigenvalue weighted by molar-refractivity contribution is 9.08. The van der Waals surface area contributed by atoms with Crippen LogP contribution in [-0.4, -0.2) is 13.1 Å². The van der Waals surface area contributed by atoms with Crippen molar-refractivity contribution in [2.75, 3.05) is 11.9 Å². The summed E-state index contributed by atoms with van der Waals surface area (Å²) in [5, 5.41) is 0.942. The van der Waals surface area contributed by atoms with E-state index >= 15 is 0 Å². The molecule has 1 aliphatic rings. The molecule has 18 heavy (non-hydrogen) atoms. The van der Waals surface area contributed by atoms with Crippen LogP contribution in [0.1, 0.15) is 43.7 Å². The van der Waals surface area contributed by atoms with E-state index in [0.717, 1.165) is 17.3 Å². The van der Waals surface area contributed by atoms with E-state index in [1.807, 2.05) is 0 Å². The molecule has 1 nitrogen and oxygen atoms in total. The lowest BCUT2D eigenvalue weighted by molar-refractivity contribution is 0.340. The van der Waals surface area contributed by atoms with Gasteiger partial charge >= 0.3 is 0 Å². The minimum atomic E-state index is 0.724. The molecule has 0 aromatic heterocycles. The Morgan fingerprint density at radius 2 is 1.89 bits per heavy atom. The lowest BCUT2D eigenvalue weighted by atomic mass is 9.86. The highest BCUT2D eigenvalue weighted by atomic mass is 79.9. The molecule has 100 valence electrons. The van der Waals surface area contributed by atoms with Crippen molar-refractivity contribution in [3.8, 4) is 0 Å². The fourth-order valence-corrected chi connectivity index (χ4v) is 3.44. The SMILES string of the molecule is Cc1ccc(N(C)C2CCC(C)CC2)c(CBr)c1. The van der Waals surface area contributed by atoms with E-state index in [4.69, 9.17) is 0 Å². The molecular formula is C16H24BrN. The zero-order chi connectivity index (χ0) is 13.1. The molecule has 0 heterocycles. The van der Waals surface area contributed by atoms with Gasteiger partial charge in [-0.2, -0.15) is 0 Å². The predicted octanol–water partition coefficient (Wildman–Crippen LogP) is 4.90. The van der Waals surface area contributed by atoms with Crippen molar-refractivity contribution in [2.45, 2.75) is 50.9 Å². The Kier molecular flexibility index (Phi) is 4.71. The van der Waals surface area contributed by atoms with Crippen LogP contribution in [0.2, 0.25) is 0 Å². The van der Waals surface area contributed by atoms with Gasteiger partial charge in [0.05, 0.1) is 0 Å². The molecule has 0 amide bonds. The summed E-state index contributed by atoms with van der Waals surface area (Å²) in [5.74, 6) is 0.920. The molecule has 1 aromatic carbocycles. The van der Waals surface area contributed by atoms with E-state index in [2.05, 4.69) is 59.9 Å². The summed E-state index contributed by atoms with van der Waals surface area (Å²) < 4.78 is 0. The Labute approximate surface area is 120 Å². The second-order valence-corrected chi connectivity index (χ2v) is 6.35. The number of halogens is 1. The molecule has 2 heteroatoms. The molecule has 1 aromatic rings. The molecule has 1 saturated carbocycles. The van der Waals surface area contributed by atoms with Gasteiger partial charge in [0, 0.05) is 24.1 Å². The Morgan fingerprint density at radius 3 is 2.50 bits per heavy atom. The molecule has 0 radical (unpaired) electrons. The van der Waals surface area contributed by atoms with Crippen molar-refractivity contribution in [1.82, 2.24) is 0 Å². The van der Waals surface area contributed by atoms with Crippen LogP contribution in [0.15, 0.2) is 18.2 Å². The van der Waals surface area contributed by atoms with Crippen LogP contribution in [-0.2, 0) is 5.33 Å². The quantitative estimate of drug-likeness (QED) is 0.717. The normalized spacial score (nSPS) is 24.0. The molecule has 0 spiro atoms. The van der Waals surface area contributed by atoms with Crippen LogP contribution in [0.3, 0.4) is 0 Å². The first-order valence-corrected chi connectivity index (χ1v) is 8.12. The topological polar surface area (TPSA) is 3.24 Å². The van der Waals surface area contributed by atoms with E-state index in [0.29, 0.717) is 0 Å². The Balaban J connectivity index is 2.15. The molecule has 2 rings (SSSR count). The Morgan fingerprint density at radius 1 is 1.22 bits per heavy atom. The summed E-state index contributed by atoms with van der Waals surface area (Å²) in [6.07, 6.45) is 5.44. The molecule has 0 atom stereocenters. The van der Waals surface area contributed by atoms with Crippen LogP contribution in [0.25, 0.3) is 0 Å². The average molecular weight is 310 g/mol. The van der Waals surface area contributed by atoms with Gasteiger partial charge < -0.3 is 4.90 Å². The van der Waals surface area contributed by atoms with E-state index in [9.17, 15) is 0 Å². The first-order chi connectivity index (χ1) is 8.61. The minimum Gasteiger partial charge on any atom is -0.371 e. The number of benzene rings is 1. The maximum absolute atomic E-state index is 3.62. The van der Waals surface area contributed by atoms with Crippen LogP contribution in [0.4, 0.5) is 5.69 Å². The number of hydrogen-bond donors (Lipinski definition) is 0. The van der Waals surface area contributed by atoms with Gasteiger partial charge in [0.1, 0.15) is 0 Å². The Bertz CT molecular complexity index is 394. The summed E-state index contributed by atoms with van der Waals surface area (Å²) >= 11 is 3.62. The number of hydrogen-bond acceptors (Lipinski definition) is 1. The van der Waals surface area contributed by atoms with Gasteiger partial charge in [0.15, 0.2) is 0 Å². The van der Waals surface area contributed by atoms with E-state index < -0.39 is 0 Å². The zero-order valence-corrected chi connectivity index (χ0v) is 13.3. The third-order valence-corrected chi connectivity index (χ3v) is 4.90. The van der Waals surface area contributed by atoms with E-state index in [1.165, 1.54) is 42.5 Å². The fraction of sp³-hybridized carbons (Fsp3) is 0.625. The molecule has 0 aliphatic heterocycles. The monoisotopic (exact) mass is 309 g/mol. The predicted molar refractivity (Wildman–Crippen MR) is 83.6 cm³/mol. The summed E-state index contributed by atoms with van der Waals surface area (Å²) in [4.78, 5) is 2.50. The van der Waals surface area contributed by atoms with Gasteiger partial charge in [-0.3, -0.25) is 0 Å². The van der Waals surface area contributed by atoms with Gasteiger partial charge in [-0.25, -0.2) is 0 Å². The smallest absolute Gasteiger partial charge is 0.0407 e. The lowest BCUT2D eigenvalue weighted by Gasteiger charge is -2.36. The van der Waals surface area contributed by atoms with Crippen molar-refractivity contribution in [3.05, 3.63) is 29.3 Å². The van der Waals surface area contributed by atoms with E-state index in [1.54, 1.807) is 0 Å². The van der Waals surface area contributed by atoms with Crippen molar-refractivity contribution < 1.29 is 0 Å². The third kappa shape index (κ3) is 3.09. The molecule has 1 aliphatic carbocycles. The molecule has 1 fully saturated rings. The summed E-state index contributed by atoms with van der Waals surface area (Å²) in [7, 11) is 2.26. The fourth-order valence-electron chi connectivity index (χ4n) is 2.99. The van der Waals surface area contributed by atoms with Crippen LogP contribution < -0.4 is 4.90 Å². The zero-order valence-electron chi connectivity index (χ0n) is 11.7. The number of nitrogens with zero attached hydrogens (tertiary/aromatic N) is 1. The maximum Gasteiger partial charge on any atom is 0.0407 e. The molecule has 0 saturated heterocycles. The van der Waals surface area contributed by atoms with Gasteiger partial charge in [-0.1, -0.05) is 40.5 Å². The van der Waals surface area contributed by atoms with Crippen molar-refractivity contribution >= 4 is 21.6 Å². The number of alkyl halides is 1. The second kappa shape index (κ2) is 6.10. The Hall–Kier alpha value is -0.500. The van der Waals surface area contributed by atoms with Gasteiger partial charge in [-0.05, 0) is 50.2 Å². The van der Waals surface area contributed by atoms with Crippen LogP contribution >= 0.6 is 15.9 Å². The number of aryl methyl sites for hydroxylation is 1. The van der Waals surface area contributed by atoms with Gasteiger partial charge in [0.2, 0.25) is 0 Å². The molecular weight excluding hydrogens is 286 g/mol. The van der Waals surface area contributed by atoms with Crippen LogP contribution in [0, 0.1) is 12.8 Å². The lowest BCUT2D eigenvalue weighted by Crippen LogP contribution is -2.35. The summed E-state index contributed by atoms with van der Waals surface area (Å²) in [5.41, 5.74) is 4.16. The number of anilines is 1.